The van der Waals surface area contributed by atoms with Gasteiger partial charge in [0.05, 0.1) is 38.6 Å². The quantitative estimate of drug-likeness (QED) is 0.746. The van der Waals surface area contributed by atoms with Crippen molar-refractivity contribution in [3.8, 4) is 5.75 Å². The lowest BCUT2D eigenvalue weighted by Crippen LogP contribution is -2.43. The number of methoxy groups -OCH3 is 1. The highest BCUT2D eigenvalue weighted by molar-refractivity contribution is 5.26. The van der Waals surface area contributed by atoms with Crippen LogP contribution in [0.3, 0.4) is 0 Å². The van der Waals surface area contributed by atoms with Gasteiger partial charge in [-0.15, -0.1) is 0 Å². The van der Waals surface area contributed by atoms with Crippen LogP contribution < -0.4 is 4.74 Å². The van der Waals surface area contributed by atoms with Gasteiger partial charge < -0.3 is 28.8 Å². The number of aliphatic hydroxyl groups is 1. The molecule has 0 aliphatic carbocycles. The van der Waals surface area contributed by atoms with Crippen LogP contribution in [-0.4, -0.2) is 49.8 Å². The van der Waals surface area contributed by atoms with E-state index < -0.39 is 0 Å². The number of fused-ring (bicyclic) bond motifs is 1. The molecule has 0 bridgehead atoms. The smallest absolute Gasteiger partial charge is 0.184 e. The van der Waals surface area contributed by atoms with Crippen molar-refractivity contribution in [2.45, 2.75) is 56.6 Å². The average molecular weight is 414 g/mol. The standard InChI is InChI=1S/C24H30O6/c1-26-19-9-7-17(8-10-19)15-27-20-11-12-21-23(29-22(20)13-14-25)16-28-24(30-21)18-5-3-2-4-6-18/h2-10,20-25H,11-16H2,1H3/t20-,21+,22+,23-,24-/m1/s1. The molecule has 0 aromatic heterocycles. The summed E-state index contributed by atoms with van der Waals surface area (Å²) in [5, 5.41) is 9.55. The molecule has 2 aliphatic rings. The third kappa shape index (κ3) is 5.20. The van der Waals surface area contributed by atoms with Gasteiger partial charge >= 0.3 is 0 Å². The summed E-state index contributed by atoms with van der Waals surface area (Å²) in [6, 6.07) is 17.8. The fourth-order valence-electron chi connectivity index (χ4n) is 4.06. The monoisotopic (exact) mass is 414 g/mol. The summed E-state index contributed by atoms with van der Waals surface area (Å²) < 4.78 is 29.9. The summed E-state index contributed by atoms with van der Waals surface area (Å²) in [5.74, 6) is 0.823. The van der Waals surface area contributed by atoms with Crippen LogP contribution in [0.25, 0.3) is 0 Å². The lowest BCUT2D eigenvalue weighted by atomic mass is 10.0. The molecule has 2 aromatic rings. The van der Waals surface area contributed by atoms with E-state index in [1.165, 1.54) is 0 Å². The van der Waals surface area contributed by atoms with Crippen LogP contribution in [0.2, 0.25) is 0 Å². The van der Waals surface area contributed by atoms with Crippen molar-refractivity contribution < 1.29 is 28.8 Å². The minimum absolute atomic E-state index is 0.0544. The Hall–Kier alpha value is -1.96. The second kappa shape index (κ2) is 10.4. The van der Waals surface area contributed by atoms with E-state index in [1.807, 2.05) is 54.6 Å². The van der Waals surface area contributed by atoms with E-state index in [9.17, 15) is 5.11 Å². The molecule has 162 valence electrons. The van der Waals surface area contributed by atoms with Crippen LogP contribution in [0.15, 0.2) is 54.6 Å². The van der Waals surface area contributed by atoms with Gasteiger partial charge in [-0.05, 0) is 37.0 Å². The molecule has 0 radical (unpaired) electrons. The molecule has 2 fully saturated rings. The SMILES string of the molecule is COc1ccc(CO[C@@H]2CC[C@@H]3O[C@H](c4ccccc4)OC[C@H]3O[C@H]2CCO)cc1. The zero-order valence-electron chi connectivity index (χ0n) is 17.3. The van der Waals surface area contributed by atoms with E-state index >= 15 is 0 Å². The summed E-state index contributed by atoms with van der Waals surface area (Å²) in [6.07, 6.45) is 1.28. The maximum absolute atomic E-state index is 9.55. The zero-order valence-corrected chi connectivity index (χ0v) is 17.3. The Morgan fingerprint density at radius 3 is 2.50 bits per heavy atom. The van der Waals surface area contributed by atoms with Gasteiger partial charge in [-0.2, -0.15) is 0 Å². The fourth-order valence-corrected chi connectivity index (χ4v) is 4.06. The Balaban J connectivity index is 1.39. The molecular weight excluding hydrogens is 384 g/mol. The summed E-state index contributed by atoms with van der Waals surface area (Å²) in [7, 11) is 1.65. The molecule has 0 amide bonds. The number of rotatable bonds is 7. The van der Waals surface area contributed by atoms with Crippen LogP contribution in [0.1, 0.15) is 36.7 Å². The number of aliphatic hydroxyl groups excluding tert-OH is 1. The average Bonchev–Trinajstić information content (AvgIpc) is 2.97. The van der Waals surface area contributed by atoms with E-state index in [2.05, 4.69) is 0 Å². The molecule has 6 nitrogen and oxygen atoms in total. The first kappa shape index (κ1) is 21.3. The second-order valence-electron chi connectivity index (χ2n) is 7.75. The van der Waals surface area contributed by atoms with Crippen molar-refractivity contribution in [2.24, 2.45) is 0 Å². The molecule has 6 heteroatoms. The number of hydrogen-bond donors (Lipinski definition) is 1. The fraction of sp³-hybridized carbons (Fsp3) is 0.500. The minimum Gasteiger partial charge on any atom is -0.497 e. The van der Waals surface area contributed by atoms with Crippen molar-refractivity contribution in [3.63, 3.8) is 0 Å². The Bertz CT molecular complexity index is 765. The lowest BCUT2D eigenvalue weighted by molar-refractivity contribution is -0.271. The van der Waals surface area contributed by atoms with Gasteiger partial charge in [-0.3, -0.25) is 0 Å². The summed E-state index contributed by atoms with van der Waals surface area (Å²) >= 11 is 0. The first-order valence-electron chi connectivity index (χ1n) is 10.6. The predicted molar refractivity (Wildman–Crippen MR) is 111 cm³/mol. The van der Waals surface area contributed by atoms with E-state index in [0.717, 1.165) is 29.7 Å². The van der Waals surface area contributed by atoms with Gasteiger partial charge in [0.2, 0.25) is 0 Å². The topological polar surface area (TPSA) is 66.4 Å². The molecule has 4 rings (SSSR count). The van der Waals surface area contributed by atoms with Gasteiger partial charge in [0, 0.05) is 12.2 Å². The van der Waals surface area contributed by atoms with E-state index in [4.69, 9.17) is 23.7 Å². The normalized spacial score (nSPS) is 29.1. The van der Waals surface area contributed by atoms with Crippen molar-refractivity contribution in [2.75, 3.05) is 20.3 Å². The van der Waals surface area contributed by atoms with Crippen LogP contribution in [0.5, 0.6) is 5.75 Å². The van der Waals surface area contributed by atoms with Gasteiger partial charge in [0.1, 0.15) is 11.9 Å². The zero-order chi connectivity index (χ0) is 20.8. The van der Waals surface area contributed by atoms with Gasteiger partial charge in [-0.25, -0.2) is 0 Å². The third-order valence-corrected chi connectivity index (χ3v) is 5.73. The molecule has 2 saturated heterocycles. The Labute approximate surface area is 177 Å². The second-order valence-corrected chi connectivity index (χ2v) is 7.75. The first-order chi connectivity index (χ1) is 14.8. The molecule has 30 heavy (non-hydrogen) atoms. The predicted octanol–water partition coefficient (Wildman–Crippen LogP) is 3.62. The van der Waals surface area contributed by atoms with Crippen LogP contribution >= 0.6 is 0 Å². The van der Waals surface area contributed by atoms with E-state index in [1.54, 1.807) is 7.11 Å². The molecule has 1 N–H and O–H groups in total. The highest BCUT2D eigenvalue weighted by Gasteiger charge is 2.40. The third-order valence-electron chi connectivity index (χ3n) is 5.73. The number of ether oxygens (including phenoxy) is 5. The van der Waals surface area contributed by atoms with Crippen LogP contribution in [0.4, 0.5) is 0 Å². The Kier molecular flexibility index (Phi) is 7.36. The molecule has 0 unspecified atom stereocenters. The lowest BCUT2D eigenvalue weighted by Gasteiger charge is -2.36. The van der Waals surface area contributed by atoms with Crippen molar-refractivity contribution in [3.05, 3.63) is 65.7 Å². The van der Waals surface area contributed by atoms with Gasteiger partial charge in [0.25, 0.3) is 0 Å². The van der Waals surface area contributed by atoms with E-state index in [0.29, 0.717) is 19.6 Å². The van der Waals surface area contributed by atoms with Gasteiger partial charge in [-0.1, -0.05) is 42.5 Å². The van der Waals surface area contributed by atoms with Crippen LogP contribution in [-0.2, 0) is 25.6 Å². The maximum Gasteiger partial charge on any atom is 0.184 e. The summed E-state index contributed by atoms with van der Waals surface area (Å²) in [6.45, 7) is 1.01. The molecular formula is C24H30O6. The Morgan fingerprint density at radius 2 is 1.77 bits per heavy atom. The van der Waals surface area contributed by atoms with E-state index in [-0.39, 0.29) is 37.3 Å². The minimum atomic E-state index is -0.371. The highest BCUT2D eigenvalue weighted by atomic mass is 16.7. The maximum atomic E-state index is 9.55. The molecule has 2 aromatic carbocycles. The van der Waals surface area contributed by atoms with Gasteiger partial charge in [0.15, 0.2) is 6.29 Å². The van der Waals surface area contributed by atoms with Crippen molar-refractivity contribution in [1.29, 1.82) is 0 Å². The summed E-state index contributed by atoms with van der Waals surface area (Å²) in [4.78, 5) is 0. The first-order valence-corrected chi connectivity index (χ1v) is 10.6. The number of hydrogen-bond acceptors (Lipinski definition) is 6. The van der Waals surface area contributed by atoms with Crippen LogP contribution in [0, 0.1) is 0 Å². The largest absolute Gasteiger partial charge is 0.497 e. The molecule has 2 heterocycles. The molecule has 5 atom stereocenters. The molecule has 0 saturated carbocycles. The Morgan fingerprint density at radius 1 is 0.967 bits per heavy atom. The molecule has 0 spiro atoms. The number of benzene rings is 2. The summed E-state index contributed by atoms with van der Waals surface area (Å²) in [5.41, 5.74) is 2.09. The van der Waals surface area contributed by atoms with Crippen molar-refractivity contribution >= 4 is 0 Å². The van der Waals surface area contributed by atoms with Crippen molar-refractivity contribution in [1.82, 2.24) is 0 Å². The highest BCUT2D eigenvalue weighted by Crippen LogP contribution is 2.34. The molecule has 2 aliphatic heterocycles.